The summed E-state index contributed by atoms with van der Waals surface area (Å²) >= 11 is 0. The fourth-order valence-corrected chi connectivity index (χ4v) is 4.70. The van der Waals surface area contributed by atoms with Gasteiger partial charge in [0.15, 0.2) is 5.82 Å². The second kappa shape index (κ2) is 9.82. The number of likely N-dealkylation sites (N-methyl/N-ethyl adjacent to an activating group) is 1. The average Bonchev–Trinajstić information content (AvgIpc) is 3.25. The number of nitrogens with zero attached hydrogens (tertiary/aromatic N) is 7. The molecule has 6 rings (SSSR count). The number of anilines is 2. The van der Waals surface area contributed by atoms with Crippen molar-refractivity contribution in [2.45, 2.75) is 25.6 Å². The summed E-state index contributed by atoms with van der Waals surface area (Å²) in [6, 6.07) is 11.8. The Balaban J connectivity index is 1.21. The van der Waals surface area contributed by atoms with Crippen molar-refractivity contribution in [1.29, 1.82) is 0 Å². The van der Waals surface area contributed by atoms with E-state index in [9.17, 15) is 4.39 Å². The summed E-state index contributed by atoms with van der Waals surface area (Å²) in [4.78, 5) is 23.8. The molecule has 1 aliphatic heterocycles. The van der Waals surface area contributed by atoms with Gasteiger partial charge in [-0.15, -0.1) is 0 Å². The van der Waals surface area contributed by atoms with Crippen LogP contribution in [0.15, 0.2) is 55.2 Å². The van der Waals surface area contributed by atoms with Crippen LogP contribution in [-0.2, 0) is 7.05 Å². The predicted octanol–water partition coefficient (Wildman–Crippen LogP) is 4.57. The van der Waals surface area contributed by atoms with E-state index < -0.39 is 6.17 Å². The average molecular weight is 515 g/mol. The number of aromatic nitrogens is 6. The van der Waals surface area contributed by atoms with Crippen molar-refractivity contribution in [1.82, 2.24) is 34.4 Å². The molecule has 0 unspecified atom stereocenters. The van der Waals surface area contributed by atoms with Crippen molar-refractivity contribution in [3.63, 3.8) is 0 Å². The molecule has 0 aliphatic carbocycles. The van der Waals surface area contributed by atoms with E-state index in [2.05, 4.69) is 30.2 Å². The topological polar surface area (TPSA) is 103 Å². The molecule has 0 amide bonds. The van der Waals surface area contributed by atoms with Gasteiger partial charge in [-0.1, -0.05) is 0 Å². The molecular formula is C27H27FN8O2. The number of hydrogen-bond donors (Lipinski definition) is 1. The van der Waals surface area contributed by atoms with Crippen molar-refractivity contribution in [2.75, 3.05) is 25.5 Å². The van der Waals surface area contributed by atoms with Crippen LogP contribution >= 0.6 is 0 Å². The van der Waals surface area contributed by atoms with E-state index in [1.54, 1.807) is 12.5 Å². The molecule has 0 bridgehead atoms. The molecule has 1 saturated heterocycles. The minimum Gasteiger partial charge on any atom is -0.459 e. The lowest BCUT2D eigenvalue weighted by molar-refractivity contribution is 0.0482. The standard InChI is InChI=1S/C27H27FN8O2/c1-16-8-18(4-7-24(16)37-19-5-6-23-21(10-19)32-15-36(23)3)33-26-25-22(30-14-31-26)11-29-27(34-25)38-20-9-17(28)12-35(2)13-20/h4-8,10-11,14-15,17,20H,9,12-13H2,1-3H3,(H,30,31,33)/t17-,20+/m1/s1. The van der Waals surface area contributed by atoms with Crippen LogP contribution in [0, 0.1) is 6.92 Å². The number of hydrogen-bond acceptors (Lipinski definition) is 9. The van der Waals surface area contributed by atoms with Gasteiger partial charge in [-0.05, 0) is 49.9 Å². The molecule has 1 N–H and O–H groups in total. The van der Waals surface area contributed by atoms with Crippen molar-refractivity contribution in [3.05, 3.63) is 60.8 Å². The third-order valence-corrected chi connectivity index (χ3v) is 6.53. The molecule has 3 aromatic heterocycles. The maximum atomic E-state index is 14.0. The molecule has 5 aromatic rings. The summed E-state index contributed by atoms with van der Waals surface area (Å²) in [5.41, 5.74) is 4.75. The van der Waals surface area contributed by atoms with Crippen molar-refractivity contribution in [2.24, 2.45) is 7.05 Å². The van der Waals surface area contributed by atoms with Crippen molar-refractivity contribution < 1.29 is 13.9 Å². The largest absolute Gasteiger partial charge is 0.459 e. The Morgan fingerprint density at radius 2 is 1.89 bits per heavy atom. The van der Waals surface area contributed by atoms with Crippen LogP contribution in [0.3, 0.4) is 0 Å². The Morgan fingerprint density at radius 1 is 1.00 bits per heavy atom. The van der Waals surface area contributed by atoms with Crippen LogP contribution in [0.4, 0.5) is 15.9 Å². The van der Waals surface area contributed by atoms with Gasteiger partial charge in [-0.2, -0.15) is 4.98 Å². The number of piperidine rings is 1. The molecule has 0 radical (unpaired) electrons. The van der Waals surface area contributed by atoms with Gasteiger partial charge >= 0.3 is 6.01 Å². The first-order valence-corrected chi connectivity index (χ1v) is 12.3. The van der Waals surface area contributed by atoms with Crippen LogP contribution in [0.2, 0.25) is 0 Å². The summed E-state index contributed by atoms with van der Waals surface area (Å²) < 4.78 is 28.0. The molecule has 4 heterocycles. The number of benzene rings is 2. The molecule has 1 fully saturated rings. The van der Waals surface area contributed by atoms with Crippen molar-refractivity contribution >= 4 is 33.6 Å². The lowest BCUT2D eigenvalue weighted by Gasteiger charge is -2.31. The predicted molar refractivity (Wildman–Crippen MR) is 142 cm³/mol. The first-order valence-electron chi connectivity index (χ1n) is 12.3. The molecule has 1 aliphatic rings. The lowest BCUT2D eigenvalue weighted by Crippen LogP contribution is -2.44. The maximum absolute atomic E-state index is 14.0. The number of alkyl halides is 1. The van der Waals surface area contributed by atoms with Gasteiger partial charge in [0.05, 0.1) is 23.6 Å². The Bertz CT molecular complexity index is 1610. The molecule has 38 heavy (non-hydrogen) atoms. The van der Waals surface area contributed by atoms with Crippen LogP contribution in [-0.4, -0.2) is 66.8 Å². The highest BCUT2D eigenvalue weighted by atomic mass is 19.1. The SMILES string of the molecule is Cc1cc(Nc2ncnc3cnc(O[C@H]4C[C@@H](F)CN(C)C4)nc23)ccc1Oc1ccc2c(c1)ncn2C. The lowest BCUT2D eigenvalue weighted by atomic mass is 10.1. The molecule has 2 aromatic carbocycles. The number of aryl methyl sites for hydroxylation is 2. The fraction of sp³-hybridized carbons (Fsp3) is 0.296. The van der Waals surface area contributed by atoms with Gasteiger partial charge in [0.1, 0.15) is 41.1 Å². The summed E-state index contributed by atoms with van der Waals surface area (Å²) in [6.45, 7) is 3.00. The van der Waals surface area contributed by atoms with E-state index >= 15 is 0 Å². The van der Waals surface area contributed by atoms with Gasteiger partial charge in [-0.25, -0.2) is 24.3 Å². The molecule has 2 atom stereocenters. The van der Waals surface area contributed by atoms with Gasteiger partial charge in [0.2, 0.25) is 0 Å². The molecule has 11 heteroatoms. The van der Waals surface area contributed by atoms with Crippen LogP contribution in [0.5, 0.6) is 17.5 Å². The molecule has 0 saturated carbocycles. The molecular weight excluding hydrogens is 487 g/mol. The zero-order chi connectivity index (χ0) is 26.2. The number of nitrogens with one attached hydrogen (secondary N) is 1. The first-order chi connectivity index (χ1) is 18.4. The highest BCUT2D eigenvalue weighted by Crippen LogP contribution is 2.31. The quantitative estimate of drug-likeness (QED) is 0.349. The van der Waals surface area contributed by atoms with E-state index in [0.29, 0.717) is 42.1 Å². The fourth-order valence-electron chi connectivity index (χ4n) is 4.70. The monoisotopic (exact) mass is 514 g/mol. The first kappa shape index (κ1) is 24.0. The maximum Gasteiger partial charge on any atom is 0.317 e. The van der Waals surface area contributed by atoms with Gasteiger partial charge in [0, 0.05) is 38.3 Å². The zero-order valence-electron chi connectivity index (χ0n) is 21.3. The summed E-state index contributed by atoms with van der Waals surface area (Å²) in [6.07, 6.45) is 3.88. The zero-order valence-corrected chi connectivity index (χ0v) is 21.3. The Hall–Kier alpha value is -4.38. The number of rotatable bonds is 6. The summed E-state index contributed by atoms with van der Waals surface area (Å²) in [5, 5.41) is 3.32. The molecule has 194 valence electrons. The highest BCUT2D eigenvalue weighted by Gasteiger charge is 2.27. The minimum atomic E-state index is -0.937. The summed E-state index contributed by atoms with van der Waals surface area (Å²) in [7, 11) is 3.83. The third kappa shape index (κ3) is 4.92. The number of imidazole rings is 1. The van der Waals surface area contributed by atoms with E-state index in [1.807, 2.05) is 66.9 Å². The minimum absolute atomic E-state index is 0.174. The van der Waals surface area contributed by atoms with Gasteiger partial charge in [-0.3, -0.25) is 4.90 Å². The second-order valence-electron chi connectivity index (χ2n) is 9.62. The van der Waals surface area contributed by atoms with Crippen LogP contribution in [0.25, 0.3) is 22.1 Å². The van der Waals surface area contributed by atoms with E-state index in [4.69, 9.17) is 9.47 Å². The Morgan fingerprint density at radius 3 is 2.74 bits per heavy atom. The Kier molecular flexibility index (Phi) is 6.20. The normalized spacial score (nSPS) is 18.1. The molecule has 0 spiro atoms. The van der Waals surface area contributed by atoms with E-state index in [0.717, 1.165) is 28.0 Å². The smallest absolute Gasteiger partial charge is 0.317 e. The second-order valence-corrected chi connectivity index (χ2v) is 9.62. The van der Waals surface area contributed by atoms with Crippen molar-refractivity contribution in [3.8, 4) is 17.5 Å². The number of halogens is 1. The third-order valence-electron chi connectivity index (χ3n) is 6.53. The van der Waals surface area contributed by atoms with Gasteiger partial charge in [0.25, 0.3) is 0 Å². The van der Waals surface area contributed by atoms with Crippen LogP contribution in [0.1, 0.15) is 12.0 Å². The van der Waals surface area contributed by atoms with Crippen LogP contribution < -0.4 is 14.8 Å². The summed E-state index contributed by atoms with van der Waals surface area (Å²) in [5.74, 6) is 1.97. The van der Waals surface area contributed by atoms with Gasteiger partial charge < -0.3 is 19.4 Å². The van der Waals surface area contributed by atoms with E-state index in [1.165, 1.54) is 6.33 Å². The number of likely N-dealkylation sites (tertiary alicyclic amines) is 1. The number of ether oxygens (including phenoxy) is 2. The Labute approximate surface area is 218 Å². The molecule has 10 nitrogen and oxygen atoms in total. The highest BCUT2D eigenvalue weighted by molar-refractivity contribution is 5.86. The van der Waals surface area contributed by atoms with E-state index in [-0.39, 0.29) is 12.1 Å². The number of fused-ring (bicyclic) bond motifs is 2.